The van der Waals surface area contributed by atoms with Gasteiger partial charge in [-0.2, -0.15) is 11.3 Å². The van der Waals surface area contributed by atoms with E-state index in [0.29, 0.717) is 18.0 Å². The molecule has 1 aromatic carbocycles. The number of pyridine rings is 1. The highest BCUT2D eigenvalue weighted by molar-refractivity contribution is 7.08. The lowest BCUT2D eigenvalue weighted by Crippen LogP contribution is -2.27. The molecule has 0 aliphatic rings. The number of hydrogen-bond donors (Lipinski definition) is 1. The van der Waals surface area contributed by atoms with Crippen LogP contribution in [0.25, 0.3) is 22.2 Å². The zero-order valence-corrected chi connectivity index (χ0v) is 13.5. The van der Waals surface area contributed by atoms with Gasteiger partial charge in [0, 0.05) is 22.9 Å². The van der Waals surface area contributed by atoms with Crippen molar-refractivity contribution in [3.63, 3.8) is 0 Å². The van der Waals surface area contributed by atoms with E-state index in [-0.39, 0.29) is 5.91 Å². The van der Waals surface area contributed by atoms with Crippen molar-refractivity contribution in [1.82, 2.24) is 10.3 Å². The lowest BCUT2D eigenvalue weighted by atomic mass is 10.0. The van der Waals surface area contributed by atoms with Gasteiger partial charge in [0.1, 0.15) is 0 Å². The van der Waals surface area contributed by atoms with E-state index < -0.39 is 0 Å². The lowest BCUT2D eigenvalue weighted by Gasteiger charge is -2.11. The molecule has 0 bridgehead atoms. The number of carbonyl (C=O) groups is 1. The number of carbonyl (C=O) groups excluding carboxylic acids is 1. The van der Waals surface area contributed by atoms with Gasteiger partial charge >= 0.3 is 0 Å². The molecule has 112 valence electrons. The Hall–Kier alpha value is -2.20. The molecule has 0 spiro atoms. The van der Waals surface area contributed by atoms with Crippen LogP contribution in [0.1, 0.15) is 24.2 Å². The molecule has 0 aliphatic carbocycles. The normalized spacial score (nSPS) is 11.0. The quantitative estimate of drug-likeness (QED) is 0.778. The van der Waals surface area contributed by atoms with E-state index in [9.17, 15) is 4.79 Å². The molecule has 0 radical (unpaired) electrons. The first kappa shape index (κ1) is 14.7. The van der Waals surface area contributed by atoms with Crippen LogP contribution in [0.3, 0.4) is 0 Å². The van der Waals surface area contributed by atoms with Crippen molar-refractivity contribution >= 4 is 28.1 Å². The van der Waals surface area contributed by atoms with Crippen LogP contribution in [-0.2, 0) is 0 Å². The molecule has 2 heterocycles. The van der Waals surface area contributed by atoms with Crippen molar-refractivity contribution in [3.8, 4) is 11.3 Å². The van der Waals surface area contributed by atoms with Crippen LogP contribution < -0.4 is 5.32 Å². The third-order valence-corrected chi connectivity index (χ3v) is 4.13. The molecule has 0 fully saturated rings. The number of nitrogens with zero attached hydrogens (tertiary/aromatic N) is 1. The Labute approximate surface area is 134 Å². The summed E-state index contributed by atoms with van der Waals surface area (Å²) in [4.78, 5) is 17.2. The predicted molar refractivity (Wildman–Crippen MR) is 92.2 cm³/mol. The van der Waals surface area contributed by atoms with Crippen molar-refractivity contribution < 1.29 is 4.79 Å². The van der Waals surface area contributed by atoms with Crippen molar-refractivity contribution in [2.75, 3.05) is 6.54 Å². The Morgan fingerprint density at radius 3 is 2.82 bits per heavy atom. The summed E-state index contributed by atoms with van der Waals surface area (Å²) in [5.41, 5.74) is 3.43. The largest absolute Gasteiger partial charge is 0.352 e. The Bertz CT molecular complexity index is 794. The number of amides is 1. The van der Waals surface area contributed by atoms with Gasteiger partial charge in [0.15, 0.2) is 0 Å². The maximum absolute atomic E-state index is 12.5. The fraction of sp³-hybridized carbons (Fsp3) is 0.222. The molecule has 2 aromatic heterocycles. The summed E-state index contributed by atoms with van der Waals surface area (Å²) >= 11 is 1.63. The van der Waals surface area contributed by atoms with Gasteiger partial charge in [-0.1, -0.05) is 32.0 Å². The summed E-state index contributed by atoms with van der Waals surface area (Å²) < 4.78 is 0. The van der Waals surface area contributed by atoms with E-state index in [1.54, 1.807) is 11.3 Å². The maximum atomic E-state index is 12.5. The minimum absolute atomic E-state index is 0.0382. The molecule has 0 saturated heterocycles. The Morgan fingerprint density at radius 1 is 1.27 bits per heavy atom. The van der Waals surface area contributed by atoms with E-state index in [1.165, 1.54) is 0 Å². The average molecular weight is 310 g/mol. The van der Waals surface area contributed by atoms with Crippen LogP contribution in [0.15, 0.2) is 47.2 Å². The SMILES string of the molecule is CC(C)CNC(=O)c1cc(-c2ccsc2)nc2ccccc12. The molecule has 3 nitrogen and oxygen atoms in total. The van der Waals surface area contributed by atoms with Gasteiger partial charge in [-0.3, -0.25) is 4.79 Å². The molecule has 4 heteroatoms. The summed E-state index contributed by atoms with van der Waals surface area (Å²) in [5.74, 6) is 0.386. The molecule has 0 atom stereocenters. The highest BCUT2D eigenvalue weighted by Crippen LogP contribution is 2.26. The Morgan fingerprint density at radius 2 is 2.09 bits per heavy atom. The monoisotopic (exact) mass is 310 g/mol. The predicted octanol–water partition coefficient (Wildman–Crippen LogP) is 4.35. The molecule has 3 aromatic rings. The third kappa shape index (κ3) is 3.02. The minimum Gasteiger partial charge on any atom is -0.352 e. The van der Waals surface area contributed by atoms with Crippen molar-refractivity contribution in [2.24, 2.45) is 5.92 Å². The molecule has 22 heavy (non-hydrogen) atoms. The summed E-state index contributed by atoms with van der Waals surface area (Å²) in [5, 5.41) is 7.96. The van der Waals surface area contributed by atoms with E-state index in [4.69, 9.17) is 0 Å². The van der Waals surface area contributed by atoms with Crippen LogP contribution in [0.2, 0.25) is 0 Å². The number of nitrogens with one attached hydrogen (secondary N) is 1. The fourth-order valence-electron chi connectivity index (χ4n) is 2.31. The fourth-order valence-corrected chi connectivity index (χ4v) is 2.96. The first-order valence-corrected chi connectivity index (χ1v) is 8.30. The highest BCUT2D eigenvalue weighted by Gasteiger charge is 2.14. The van der Waals surface area contributed by atoms with Gasteiger partial charge < -0.3 is 5.32 Å². The zero-order valence-electron chi connectivity index (χ0n) is 12.7. The van der Waals surface area contributed by atoms with Gasteiger partial charge in [-0.05, 0) is 29.5 Å². The first-order valence-electron chi connectivity index (χ1n) is 7.35. The first-order chi connectivity index (χ1) is 10.6. The summed E-state index contributed by atoms with van der Waals surface area (Å²) in [6, 6.07) is 11.7. The molecule has 1 N–H and O–H groups in total. The second-order valence-corrected chi connectivity index (χ2v) is 6.47. The number of fused-ring (bicyclic) bond motifs is 1. The number of para-hydroxylation sites is 1. The topological polar surface area (TPSA) is 42.0 Å². The van der Waals surface area contributed by atoms with E-state index >= 15 is 0 Å². The zero-order chi connectivity index (χ0) is 15.5. The summed E-state index contributed by atoms with van der Waals surface area (Å²) in [7, 11) is 0. The van der Waals surface area contributed by atoms with Gasteiger partial charge in [-0.15, -0.1) is 0 Å². The molecule has 0 unspecified atom stereocenters. The number of benzene rings is 1. The number of aromatic nitrogens is 1. The third-order valence-electron chi connectivity index (χ3n) is 3.45. The molecular formula is C18H18N2OS. The molecule has 1 amide bonds. The van der Waals surface area contributed by atoms with E-state index in [1.807, 2.05) is 47.2 Å². The standard InChI is InChI=1S/C18H18N2OS/c1-12(2)10-19-18(21)15-9-17(13-7-8-22-11-13)20-16-6-4-3-5-14(15)16/h3-9,11-12H,10H2,1-2H3,(H,19,21). The maximum Gasteiger partial charge on any atom is 0.252 e. The molecule has 0 saturated carbocycles. The van der Waals surface area contributed by atoms with E-state index in [2.05, 4.69) is 24.1 Å². The van der Waals surface area contributed by atoms with Crippen LogP contribution in [-0.4, -0.2) is 17.4 Å². The van der Waals surface area contributed by atoms with Crippen molar-refractivity contribution in [1.29, 1.82) is 0 Å². The Balaban J connectivity index is 2.08. The van der Waals surface area contributed by atoms with Crippen LogP contribution in [0.5, 0.6) is 0 Å². The van der Waals surface area contributed by atoms with Gasteiger partial charge in [0.25, 0.3) is 5.91 Å². The van der Waals surface area contributed by atoms with E-state index in [0.717, 1.165) is 22.2 Å². The second-order valence-electron chi connectivity index (χ2n) is 5.69. The summed E-state index contributed by atoms with van der Waals surface area (Å²) in [6.45, 7) is 4.84. The van der Waals surface area contributed by atoms with Crippen LogP contribution >= 0.6 is 11.3 Å². The van der Waals surface area contributed by atoms with Gasteiger partial charge in [0.05, 0.1) is 16.8 Å². The van der Waals surface area contributed by atoms with Crippen LogP contribution in [0, 0.1) is 5.92 Å². The van der Waals surface area contributed by atoms with Gasteiger partial charge in [-0.25, -0.2) is 4.98 Å². The van der Waals surface area contributed by atoms with Crippen molar-refractivity contribution in [2.45, 2.75) is 13.8 Å². The lowest BCUT2D eigenvalue weighted by molar-refractivity contribution is 0.0950. The molecule has 3 rings (SSSR count). The van der Waals surface area contributed by atoms with Crippen molar-refractivity contribution in [3.05, 3.63) is 52.7 Å². The summed E-state index contributed by atoms with van der Waals surface area (Å²) in [6.07, 6.45) is 0. The molecule has 0 aliphatic heterocycles. The van der Waals surface area contributed by atoms with Crippen LogP contribution in [0.4, 0.5) is 0 Å². The number of thiophene rings is 1. The Kier molecular flexibility index (Phi) is 4.20. The smallest absolute Gasteiger partial charge is 0.252 e. The number of rotatable bonds is 4. The minimum atomic E-state index is -0.0382. The van der Waals surface area contributed by atoms with Gasteiger partial charge in [0.2, 0.25) is 0 Å². The average Bonchev–Trinajstić information content (AvgIpc) is 3.06. The molecular weight excluding hydrogens is 292 g/mol. The second kappa shape index (κ2) is 6.28. The highest BCUT2D eigenvalue weighted by atomic mass is 32.1. The number of hydrogen-bond acceptors (Lipinski definition) is 3.